The summed E-state index contributed by atoms with van der Waals surface area (Å²) < 4.78 is 1.96. The number of benzene rings is 2. The standard InChI is InChI=1S/C22H21N5OS2/c1-14-9-11-18(12-10-14)27-16(3)25-26-22(27)30-15(2)20(28)24-21-23-19(13-29-21)17-7-5-4-6-8-17/h4-13,15H,1-3H3,(H,23,24,28). The molecular formula is C22H21N5OS2. The monoisotopic (exact) mass is 435 g/mol. The predicted molar refractivity (Wildman–Crippen MR) is 122 cm³/mol. The number of thioether (sulfide) groups is 1. The largest absolute Gasteiger partial charge is 0.301 e. The highest BCUT2D eigenvalue weighted by Crippen LogP contribution is 2.28. The van der Waals surface area contributed by atoms with Gasteiger partial charge in [-0.3, -0.25) is 9.36 Å². The van der Waals surface area contributed by atoms with Gasteiger partial charge in [-0.15, -0.1) is 21.5 Å². The molecule has 0 spiro atoms. The highest BCUT2D eigenvalue weighted by Gasteiger charge is 2.21. The van der Waals surface area contributed by atoms with E-state index in [-0.39, 0.29) is 11.2 Å². The van der Waals surface area contributed by atoms with Gasteiger partial charge in [-0.2, -0.15) is 0 Å². The maximum atomic E-state index is 12.7. The summed E-state index contributed by atoms with van der Waals surface area (Å²) in [6.45, 7) is 5.81. The Balaban J connectivity index is 1.46. The van der Waals surface area contributed by atoms with Gasteiger partial charge in [0.2, 0.25) is 5.91 Å². The predicted octanol–water partition coefficient (Wildman–Crippen LogP) is 5.13. The number of aromatic nitrogens is 4. The summed E-state index contributed by atoms with van der Waals surface area (Å²) in [4.78, 5) is 17.3. The first-order chi connectivity index (χ1) is 14.5. The van der Waals surface area contributed by atoms with Gasteiger partial charge in [-0.05, 0) is 32.9 Å². The third kappa shape index (κ3) is 4.44. The Kier molecular flexibility index (Phi) is 5.96. The fourth-order valence-electron chi connectivity index (χ4n) is 2.90. The topological polar surface area (TPSA) is 72.7 Å². The third-order valence-electron chi connectivity index (χ3n) is 4.54. The summed E-state index contributed by atoms with van der Waals surface area (Å²) in [7, 11) is 0. The minimum absolute atomic E-state index is 0.120. The third-order valence-corrected chi connectivity index (χ3v) is 6.34. The molecule has 0 bridgehead atoms. The van der Waals surface area contributed by atoms with Crippen molar-refractivity contribution in [2.45, 2.75) is 31.2 Å². The van der Waals surface area contributed by atoms with E-state index in [1.165, 1.54) is 28.7 Å². The first-order valence-corrected chi connectivity index (χ1v) is 11.2. The Morgan fingerprint density at radius 2 is 1.80 bits per heavy atom. The second-order valence-electron chi connectivity index (χ2n) is 6.85. The van der Waals surface area contributed by atoms with E-state index < -0.39 is 0 Å². The fourth-order valence-corrected chi connectivity index (χ4v) is 4.54. The summed E-state index contributed by atoms with van der Waals surface area (Å²) in [6.07, 6.45) is 0. The van der Waals surface area contributed by atoms with Gasteiger partial charge in [0.05, 0.1) is 10.9 Å². The van der Waals surface area contributed by atoms with Gasteiger partial charge in [-0.1, -0.05) is 59.8 Å². The van der Waals surface area contributed by atoms with Crippen LogP contribution >= 0.6 is 23.1 Å². The smallest absolute Gasteiger partial charge is 0.239 e. The van der Waals surface area contributed by atoms with Crippen LogP contribution in [0.5, 0.6) is 0 Å². The molecule has 2 aromatic carbocycles. The first-order valence-electron chi connectivity index (χ1n) is 9.49. The zero-order valence-electron chi connectivity index (χ0n) is 16.9. The van der Waals surface area contributed by atoms with Crippen molar-refractivity contribution in [2.75, 3.05) is 5.32 Å². The van der Waals surface area contributed by atoms with E-state index in [0.717, 1.165) is 22.8 Å². The van der Waals surface area contributed by atoms with Gasteiger partial charge in [0.1, 0.15) is 5.82 Å². The number of carbonyl (C=O) groups excluding carboxylic acids is 1. The molecule has 0 aliphatic carbocycles. The highest BCUT2D eigenvalue weighted by molar-refractivity contribution is 8.00. The zero-order chi connectivity index (χ0) is 21.1. The molecule has 1 unspecified atom stereocenters. The van der Waals surface area contributed by atoms with E-state index in [4.69, 9.17) is 0 Å². The van der Waals surface area contributed by atoms with Crippen LogP contribution in [-0.2, 0) is 4.79 Å². The molecule has 1 N–H and O–H groups in total. The molecule has 8 heteroatoms. The van der Waals surface area contributed by atoms with Crippen molar-refractivity contribution in [2.24, 2.45) is 0 Å². The van der Waals surface area contributed by atoms with Crippen molar-refractivity contribution in [3.8, 4) is 16.9 Å². The summed E-state index contributed by atoms with van der Waals surface area (Å²) in [5.74, 6) is 0.659. The number of anilines is 1. The normalized spacial score (nSPS) is 12.0. The van der Waals surface area contributed by atoms with Crippen LogP contribution in [-0.4, -0.2) is 30.9 Å². The van der Waals surface area contributed by atoms with Crippen LogP contribution in [0.15, 0.2) is 65.1 Å². The number of thiazole rings is 1. The lowest BCUT2D eigenvalue weighted by Gasteiger charge is -2.12. The molecular weight excluding hydrogens is 414 g/mol. The molecule has 0 fully saturated rings. The summed E-state index contributed by atoms with van der Waals surface area (Å²) >= 11 is 2.79. The summed E-state index contributed by atoms with van der Waals surface area (Å²) in [6, 6.07) is 18.1. The van der Waals surface area contributed by atoms with Crippen molar-refractivity contribution < 1.29 is 4.79 Å². The van der Waals surface area contributed by atoms with Crippen LogP contribution < -0.4 is 5.32 Å². The SMILES string of the molecule is Cc1ccc(-n2c(C)nnc2SC(C)C(=O)Nc2nc(-c3ccccc3)cs2)cc1. The minimum atomic E-state index is -0.359. The number of rotatable bonds is 6. The van der Waals surface area contributed by atoms with E-state index in [0.29, 0.717) is 10.3 Å². The van der Waals surface area contributed by atoms with Crippen LogP contribution in [0.2, 0.25) is 0 Å². The number of hydrogen-bond donors (Lipinski definition) is 1. The van der Waals surface area contributed by atoms with Crippen LogP contribution in [0.25, 0.3) is 16.9 Å². The molecule has 152 valence electrons. The molecule has 2 heterocycles. The number of amides is 1. The molecule has 1 amide bonds. The van der Waals surface area contributed by atoms with Crippen molar-refractivity contribution in [1.82, 2.24) is 19.7 Å². The molecule has 30 heavy (non-hydrogen) atoms. The fraction of sp³-hybridized carbons (Fsp3) is 0.182. The lowest BCUT2D eigenvalue weighted by atomic mass is 10.2. The lowest BCUT2D eigenvalue weighted by Crippen LogP contribution is -2.22. The maximum absolute atomic E-state index is 12.7. The number of hydrogen-bond acceptors (Lipinski definition) is 6. The summed E-state index contributed by atoms with van der Waals surface area (Å²) in [5, 5.41) is 14.2. The van der Waals surface area contributed by atoms with E-state index in [9.17, 15) is 4.79 Å². The number of carbonyl (C=O) groups is 1. The molecule has 0 aliphatic heterocycles. The second-order valence-corrected chi connectivity index (χ2v) is 9.02. The van der Waals surface area contributed by atoms with Crippen LogP contribution in [0.3, 0.4) is 0 Å². The number of aryl methyl sites for hydroxylation is 2. The van der Waals surface area contributed by atoms with E-state index in [1.807, 2.05) is 85.3 Å². The van der Waals surface area contributed by atoms with Gasteiger partial charge < -0.3 is 5.32 Å². The van der Waals surface area contributed by atoms with Crippen molar-refractivity contribution in [3.63, 3.8) is 0 Å². The maximum Gasteiger partial charge on any atom is 0.239 e. The van der Waals surface area contributed by atoms with Crippen molar-refractivity contribution in [1.29, 1.82) is 0 Å². The average Bonchev–Trinajstić information content (AvgIpc) is 3.36. The van der Waals surface area contributed by atoms with Gasteiger partial charge >= 0.3 is 0 Å². The Hall–Kier alpha value is -2.97. The van der Waals surface area contributed by atoms with Crippen LogP contribution in [0.4, 0.5) is 5.13 Å². The highest BCUT2D eigenvalue weighted by atomic mass is 32.2. The van der Waals surface area contributed by atoms with Crippen LogP contribution in [0.1, 0.15) is 18.3 Å². The molecule has 2 aromatic heterocycles. The number of nitrogens with zero attached hydrogens (tertiary/aromatic N) is 4. The Morgan fingerprint density at radius 1 is 1.07 bits per heavy atom. The Labute approximate surface area is 183 Å². The zero-order valence-corrected chi connectivity index (χ0v) is 18.5. The molecule has 0 radical (unpaired) electrons. The molecule has 0 aliphatic rings. The van der Waals surface area contributed by atoms with Gasteiger partial charge in [0.25, 0.3) is 0 Å². The quantitative estimate of drug-likeness (QED) is 0.425. The van der Waals surface area contributed by atoms with Crippen molar-refractivity contribution >= 4 is 34.1 Å². The molecule has 4 aromatic rings. The van der Waals surface area contributed by atoms with E-state index in [2.05, 4.69) is 20.5 Å². The minimum Gasteiger partial charge on any atom is -0.301 e. The number of nitrogens with one attached hydrogen (secondary N) is 1. The Morgan fingerprint density at radius 3 is 2.53 bits per heavy atom. The van der Waals surface area contributed by atoms with Gasteiger partial charge in [0.15, 0.2) is 10.3 Å². The van der Waals surface area contributed by atoms with Crippen LogP contribution in [0, 0.1) is 13.8 Å². The lowest BCUT2D eigenvalue weighted by molar-refractivity contribution is -0.115. The second kappa shape index (κ2) is 8.81. The average molecular weight is 436 g/mol. The molecule has 1 atom stereocenters. The van der Waals surface area contributed by atoms with E-state index in [1.54, 1.807) is 0 Å². The summed E-state index contributed by atoms with van der Waals surface area (Å²) in [5.41, 5.74) is 4.04. The van der Waals surface area contributed by atoms with E-state index >= 15 is 0 Å². The first kappa shape index (κ1) is 20.3. The molecule has 0 saturated heterocycles. The Bertz CT molecular complexity index is 1150. The van der Waals surface area contributed by atoms with Crippen molar-refractivity contribution in [3.05, 3.63) is 71.4 Å². The van der Waals surface area contributed by atoms with Gasteiger partial charge in [0, 0.05) is 16.6 Å². The molecule has 4 rings (SSSR count). The molecule has 0 saturated carbocycles. The van der Waals surface area contributed by atoms with Gasteiger partial charge in [-0.25, -0.2) is 4.98 Å². The molecule has 6 nitrogen and oxygen atoms in total.